The van der Waals surface area contributed by atoms with Gasteiger partial charge in [0, 0.05) is 55.5 Å². The number of piperidine rings is 2. The summed E-state index contributed by atoms with van der Waals surface area (Å²) in [5, 5.41) is 5.30. The van der Waals surface area contributed by atoms with E-state index >= 15 is 8.78 Å². The van der Waals surface area contributed by atoms with Crippen LogP contribution in [0.15, 0.2) is 54.9 Å². The van der Waals surface area contributed by atoms with Crippen LogP contribution in [0, 0.1) is 30.4 Å². The summed E-state index contributed by atoms with van der Waals surface area (Å²) in [7, 11) is 0. The minimum Gasteiger partial charge on any atom is -0.371 e. The average Bonchev–Trinajstić information content (AvgIpc) is 3.67. The number of imidazole rings is 1. The van der Waals surface area contributed by atoms with Gasteiger partial charge in [0.05, 0.1) is 22.8 Å². The van der Waals surface area contributed by atoms with E-state index in [1.54, 1.807) is 18.2 Å². The Morgan fingerprint density at radius 3 is 2.37 bits per heavy atom. The molecule has 5 aromatic rings. The number of anilines is 3. The molecule has 9 rings (SSSR count). The predicted octanol–water partition coefficient (Wildman–Crippen LogP) is 5.59. The van der Waals surface area contributed by atoms with E-state index in [2.05, 4.69) is 40.4 Å². The third-order valence-corrected chi connectivity index (χ3v) is 12.0. The quantitative estimate of drug-likeness (QED) is 0.170. The van der Waals surface area contributed by atoms with Crippen LogP contribution >= 0.6 is 0 Å². The largest absolute Gasteiger partial charge is 0.371 e. The van der Waals surface area contributed by atoms with Crippen molar-refractivity contribution in [1.29, 1.82) is 0 Å². The van der Waals surface area contributed by atoms with Crippen molar-refractivity contribution in [2.45, 2.75) is 65.0 Å². The molecular formula is C43H44F2N10O4. The molecule has 4 aliphatic heterocycles. The standard InChI is InChI=1S/C43H44F2N10O4/c1-23(2)54-24(3)48-39-32(44)15-28(16-35(39)54)38-33(45)19-47-43(51-38)49-36-8-4-26(18-46-36)14-25-10-12-52(13-11-25)20-27-21-53(22-27)29-5-6-30-31(17-29)42(59)55(41(30)58)34-7-9-37(56)50-40(34)57/h4-6,8,15-19,23,25,27,34H,7,9-14,20-22H2,1-3H3,(H,50,56,57)(H,46,47,49,51). The fourth-order valence-corrected chi connectivity index (χ4v) is 9.04. The molecule has 0 radical (unpaired) electrons. The van der Waals surface area contributed by atoms with Gasteiger partial charge in [-0.15, -0.1) is 0 Å². The van der Waals surface area contributed by atoms with E-state index < -0.39 is 41.3 Å². The molecule has 4 aliphatic rings. The van der Waals surface area contributed by atoms with E-state index in [-0.39, 0.29) is 41.6 Å². The number of aryl methyl sites for hydroxylation is 1. The number of rotatable bonds is 10. The van der Waals surface area contributed by atoms with Crippen LogP contribution in [0.2, 0.25) is 0 Å². The number of imide groups is 2. The molecule has 1 atom stereocenters. The van der Waals surface area contributed by atoms with E-state index in [1.807, 2.05) is 49.7 Å². The van der Waals surface area contributed by atoms with Crippen molar-refractivity contribution in [3.8, 4) is 11.3 Å². The maximum atomic E-state index is 15.1. The van der Waals surface area contributed by atoms with Gasteiger partial charge in [-0.25, -0.2) is 28.7 Å². The first-order chi connectivity index (χ1) is 28.4. The Kier molecular flexibility index (Phi) is 9.89. The number of carbonyl (C=O) groups excluding carboxylic acids is 4. The summed E-state index contributed by atoms with van der Waals surface area (Å²) in [6.45, 7) is 10.5. The lowest BCUT2D eigenvalue weighted by Crippen LogP contribution is -2.54. The van der Waals surface area contributed by atoms with Crippen LogP contribution in [0.3, 0.4) is 0 Å². The summed E-state index contributed by atoms with van der Waals surface area (Å²) in [6, 6.07) is 11.2. The van der Waals surface area contributed by atoms with Gasteiger partial charge in [-0.3, -0.25) is 29.4 Å². The third kappa shape index (κ3) is 7.30. The highest BCUT2D eigenvalue weighted by molar-refractivity contribution is 6.23. The van der Waals surface area contributed by atoms with Gasteiger partial charge in [0.2, 0.25) is 17.8 Å². The molecule has 0 aliphatic carbocycles. The summed E-state index contributed by atoms with van der Waals surface area (Å²) in [6.07, 6.45) is 6.21. The Balaban J connectivity index is 0.750. The fraction of sp³-hybridized carbons (Fsp3) is 0.395. The smallest absolute Gasteiger partial charge is 0.262 e. The molecule has 14 nitrogen and oxygen atoms in total. The minimum absolute atomic E-state index is 0.0212. The zero-order valence-electron chi connectivity index (χ0n) is 33.0. The second kappa shape index (κ2) is 15.2. The molecule has 7 heterocycles. The number of aromatic nitrogens is 5. The van der Waals surface area contributed by atoms with Crippen LogP contribution in [-0.2, 0) is 16.0 Å². The van der Waals surface area contributed by atoms with E-state index in [0.29, 0.717) is 40.1 Å². The van der Waals surface area contributed by atoms with E-state index in [0.717, 1.165) is 74.3 Å². The Morgan fingerprint density at radius 2 is 1.64 bits per heavy atom. The monoisotopic (exact) mass is 802 g/mol. The topological polar surface area (TPSA) is 159 Å². The summed E-state index contributed by atoms with van der Waals surface area (Å²) in [5.74, 6) is -0.843. The first-order valence-corrected chi connectivity index (χ1v) is 20.2. The lowest BCUT2D eigenvalue weighted by atomic mass is 9.89. The van der Waals surface area contributed by atoms with Gasteiger partial charge in [0.1, 0.15) is 28.9 Å². The molecule has 304 valence electrons. The number of likely N-dealkylation sites (tertiary alicyclic amines) is 1. The maximum Gasteiger partial charge on any atom is 0.262 e. The van der Waals surface area contributed by atoms with Crippen molar-refractivity contribution < 1.29 is 28.0 Å². The summed E-state index contributed by atoms with van der Waals surface area (Å²) in [4.78, 5) is 73.5. The second-order valence-electron chi connectivity index (χ2n) is 16.4. The van der Waals surface area contributed by atoms with E-state index in [9.17, 15) is 19.2 Å². The number of amides is 4. The molecule has 59 heavy (non-hydrogen) atoms. The molecule has 0 saturated carbocycles. The minimum atomic E-state index is -0.977. The van der Waals surface area contributed by atoms with Crippen LogP contribution in [0.25, 0.3) is 22.3 Å². The van der Waals surface area contributed by atoms with Crippen molar-refractivity contribution >= 4 is 52.1 Å². The number of halogens is 2. The normalized spacial score (nSPS) is 19.2. The van der Waals surface area contributed by atoms with E-state index in [4.69, 9.17) is 0 Å². The Hall–Kier alpha value is -6.16. The number of nitrogens with one attached hydrogen (secondary N) is 2. The van der Waals surface area contributed by atoms with Crippen LogP contribution in [-0.4, -0.2) is 96.7 Å². The van der Waals surface area contributed by atoms with E-state index in [1.165, 1.54) is 6.07 Å². The molecule has 3 aromatic heterocycles. The molecular weight excluding hydrogens is 759 g/mol. The molecule has 1 unspecified atom stereocenters. The molecule has 4 amide bonds. The van der Waals surface area contributed by atoms with Crippen molar-refractivity contribution in [2.75, 3.05) is 42.9 Å². The summed E-state index contributed by atoms with van der Waals surface area (Å²) < 4.78 is 32.1. The van der Waals surface area contributed by atoms with Gasteiger partial charge < -0.3 is 19.7 Å². The van der Waals surface area contributed by atoms with Crippen LogP contribution in [0.1, 0.15) is 77.7 Å². The highest BCUT2D eigenvalue weighted by atomic mass is 19.1. The first-order valence-electron chi connectivity index (χ1n) is 20.2. The zero-order chi connectivity index (χ0) is 41.1. The molecule has 2 aromatic carbocycles. The summed E-state index contributed by atoms with van der Waals surface area (Å²) >= 11 is 0. The molecule has 0 spiro atoms. The SMILES string of the molecule is Cc1nc2c(F)cc(-c3nc(Nc4ccc(CC5CCN(CC6CN(c7ccc8c(c7)C(=O)N(C7CCC(=O)NC7=O)C8=O)C6)CC5)cn4)ncc3F)cc2n1C(C)C. The predicted molar refractivity (Wildman–Crippen MR) is 215 cm³/mol. The second-order valence-corrected chi connectivity index (χ2v) is 16.4. The Morgan fingerprint density at radius 1 is 0.864 bits per heavy atom. The number of hydrogen-bond donors (Lipinski definition) is 2. The van der Waals surface area contributed by atoms with Crippen LogP contribution < -0.4 is 15.5 Å². The van der Waals surface area contributed by atoms with Gasteiger partial charge in [0.25, 0.3) is 11.8 Å². The lowest BCUT2D eigenvalue weighted by Gasteiger charge is -2.44. The van der Waals surface area contributed by atoms with Crippen molar-refractivity contribution in [3.63, 3.8) is 0 Å². The molecule has 3 fully saturated rings. The van der Waals surface area contributed by atoms with Gasteiger partial charge >= 0.3 is 0 Å². The van der Waals surface area contributed by atoms with Crippen molar-refractivity contribution in [1.82, 2.24) is 39.6 Å². The van der Waals surface area contributed by atoms with Gasteiger partial charge in [-0.1, -0.05) is 6.07 Å². The van der Waals surface area contributed by atoms with Gasteiger partial charge in [-0.2, -0.15) is 0 Å². The summed E-state index contributed by atoms with van der Waals surface area (Å²) in [5.41, 5.74) is 3.68. The Bertz CT molecular complexity index is 2510. The number of hydrogen-bond acceptors (Lipinski definition) is 11. The fourth-order valence-electron chi connectivity index (χ4n) is 9.04. The molecule has 3 saturated heterocycles. The number of benzene rings is 2. The highest BCUT2D eigenvalue weighted by Gasteiger charge is 2.45. The van der Waals surface area contributed by atoms with Crippen molar-refractivity contribution in [3.05, 3.63) is 89.0 Å². The number of carbonyl (C=O) groups is 4. The first kappa shape index (κ1) is 38.4. The Labute approximate surface area is 339 Å². The third-order valence-electron chi connectivity index (χ3n) is 12.0. The molecule has 0 bridgehead atoms. The lowest BCUT2D eigenvalue weighted by molar-refractivity contribution is -0.136. The maximum absolute atomic E-state index is 15.1. The number of nitrogens with zero attached hydrogens (tertiary/aromatic N) is 8. The van der Waals surface area contributed by atoms with Crippen LogP contribution in [0.4, 0.5) is 26.2 Å². The number of fused-ring (bicyclic) bond motifs is 2. The number of pyridine rings is 1. The van der Waals surface area contributed by atoms with Crippen LogP contribution in [0.5, 0.6) is 0 Å². The van der Waals surface area contributed by atoms with Gasteiger partial charge in [0.15, 0.2) is 11.6 Å². The average molecular weight is 803 g/mol. The van der Waals surface area contributed by atoms with Crippen molar-refractivity contribution in [2.24, 2.45) is 11.8 Å². The van der Waals surface area contributed by atoms with Gasteiger partial charge in [-0.05, 0) is 107 Å². The highest BCUT2D eigenvalue weighted by Crippen LogP contribution is 2.34. The molecule has 16 heteroatoms. The zero-order valence-corrected chi connectivity index (χ0v) is 33.0. The molecule has 2 N–H and O–H groups in total.